The van der Waals surface area contributed by atoms with Crippen molar-refractivity contribution in [3.63, 3.8) is 0 Å². The van der Waals surface area contributed by atoms with Crippen LogP contribution in [0.2, 0.25) is 0 Å². The Labute approximate surface area is 150 Å². The summed E-state index contributed by atoms with van der Waals surface area (Å²) in [5, 5.41) is 12.6. The number of morpholine rings is 1. The monoisotopic (exact) mass is 335 g/mol. The van der Waals surface area contributed by atoms with E-state index in [9.17, 15) is 0 Å². The van der Waals surface area contributed by atoms with Gasteiger partial charge in [-0.05, 0) is 30.2 Å². The van der Waals surface area contributed by atoms with Crippen molar-refractivity contribution in [1.29, 1.82) is 5.26 Å². The van der Waals surface area contributed by atoms with E-state index in [4.69, 9.17) is 10.00 Å². The smallest absolute Gasteiger partial charge is 0.0991 e. The van der Waals surface area contributed by atoms with E-state index < -0.39 is 0 Å². The number of rotatable bonds is 6. The maximum Gasteiger partial charge on any atom is 0.0991 e. The van der Waals surface area contributed by atoms with Crippen molar-refractivity contribution in [3.8, 4) is 6.07 Å². The number of hydrogen-bond acceptors (Lipinski definition) is 4. The summed E-state index contributed by atoms with van der Waals surface area (Å²) in [4.78, 5) is 2.50. The molecule has 1 fully saturated rings. The largest absolute Gasteiger partial charge is 0.379 e. The molecule has 0 bridgehead atoms. The second kappa shape index (κ2) is 8.77. The highest BCUT2D eigenvalue weighted by molar-refractivity contribution is 5.32. The average molecular weight is 335 g/mol. The van der Waals surface area contributed by atoms with Crippen LogP contribution in [0.5, 0.6) is 0 Å². The van der Waals surface area contributed by atoms with Gasteiger partial charge in [-0.1, -0.05) is 42.0 Å². The quantitative estimate of drug-likeness (QED) is 0.881. The fraction of sp³-hybridized carbons (Fsp3) is 0.381. The first-order valence-corrected chi connectivity index (χ1v) is 8.84. The molecular formula is C21H25N3O. The van der Waals surface area contributed by atoms with Gasteiger partial charge >= 0.3 is 0 Å². The lowest BCUT2D eigenvalue weighted by molar-refractivity contribution is 0.0161. The van der Waals surface area contributed by atoms with E-state index in [1.807, 2.05) is 18.2 Å². The highest BCUT2D eigenvalue weighted by atomic mass is 16.5. The number of hydrogen-bond donors (Lipinski definition) is 1. The van der Waals surface area contributed by atoms with E-state index in [1.165, 1.54) is 11.1 Å². The van der Waals surface area contributed by atoms with E-state index in [2.05, 4.69) is 53.5 Å². The van der Waals surface area contributed by atoms with Crippen LogP contribution in [0.15, 0.2) is 48.5 Å². The van der Waals surface area contributed by atoms with Crippen LogP contribution in [0.25, 0.3) is 0 Å². The van der Waals surface area contributed by atoms with E-state index >= 15 is 0 Å². The molecule has 0 aliphatic carbocycles. The molecule has 0 unspecified atom stereocenters. The molecule has 4 heteroatoms. The second-order valence-corrected chi connectivity index (χ2v) is 6.52. The molecule has 0 radical (unpaired) electrons. The van der Waals surface area contributed by atoms with E-state index in [0.717, 1.165) is 45.0 Å². The minimum atomic E-state index is 0.336. The fourth-order valence-corrected chi connectivity index (χ4v) is 3.33. The lowest BCUT2D eigenvalue weighted by Crippen LogP contribution is -2.42. The number of nitrogens with one attached hydrogen (secondary N) is 1. The molecule has 4 nitrogen and oxygen atoms in total. The molecule has 2 aromatic carbocycles. The standard InChI is InChI=1S/C21H25N3O/c1-17-4-2-7-20(12-17)21(24-8-10-25-11-9-24)16-23-15-19-6-3-5-18(13-19)14-22/h2-7,12-13,21,23H,8-11,15-16H2,1H3/t21-/m1/s1. The lowest BCUT2D eigenvalue weighted by Gasteiger charge is -2.35. The van der Waals surface area contributed by atoms with Gasteiger partial charge in [0.15, 0.2) is 0 Å². The third kappa shape index (κ3) is 4.90. The first-order chi connectivity index (χ1) is 12.3. The Kier molecular flexibility index (Phi) is 6.19. The zero-order chi connectivity index (χ0) is 17.5. The molecule has 1 heterocycles. The van der Waals surface area contributed by atoms with E-state index in [0.29, 0.717) is 11.6 Å². The Balaban J connectivity index is 1.68. The summed E-state index contributed by atoms with van der Waals surface area (Å²) in [6, 6.07) is 19.1. The Morgan fingerprint density at radius 3 is 2.72 bits per heavy atom. The maximum atomic E-state index is 9.03. The van der Waals surface area contributed by atoms with Crippen LogP contribution in [0.1, 0.15) is 28.3 Å². The van der Waals surface area contributed by atoms with Crippen molar-refractivity contribution in [3.05, 3.63) is 70.8 Å². The van der Waals surface area contributed by atoms with Gasteiger partial charge in [0.1, 0.15) is 0 Å². The van der Waals surface area contributed by atoms with Crippen LogP contribution >= 0.6 is 0 Å². The summed E-state index contributed by atoms with van der Waals surface area (Å²) in [5.74, 6) is 0. The van der Waals surface area contributed by atoms with Crippen LogP contribution < -0.4 is 5.32 Å². The minimum absolute atomic E-state index is 0.336. The van der Waals surface area contributed by atoms with Crippen LogP contribution in [0.4, 0.5) is 0 Å². The summed E-state index contributed by atoms with van der Waals surface area (Å²) in [6.45, 7) is 7.30. The zero-order valence-electron chi connectivity index (χ0n) is 14.7. The molecule has 1 aliphatic heterocycles. The van der Waals surface area contributed by atoms with Crippen LogP contribution in [-0.4, -0.2) is 37.7 Å². The normalized spacial score (nSPS) is 16.3. The topological polar surface area (TPSA) is 48.3 Å². The number of benzene rings is 2. The SMILES string of the molecule is Cc1cccc([C@@H](CNCc2cccc(C#N)c2)N2CCOCC2)c1. The van der Waals surface area contributed by atoms with Gasteiger partial charge in [0, 0.05) is 32.2 Å². The Morgan fingerprint density at radius 2 is 1.96 bits per heavy atom. The van der Waals surface area contributed by atoms with Crippen molar-refractivity contribution in [2.24, 2.45) is 0 Å². The van der Waals surface area contributed by atoms with Gasteiger partial charge in [-0.25, -0.2) is 0 Å². The molecule has 1 saturated heterocycles. The molecular weight excluding hydrogens is 310 g/mol. The predicted molar refractivity (Wildman–Crippen MR) is 99.2 cm³/mol. The molecule has 2 aromatic rings. The molecule has 0 saturated carbocycles. The van der Waals surface area contributed by atoms with E-state index in [-0.39, 0.29) is 0 Å². The highest BCUT2D eigenvalue weighted by Crippen LogP contribution is 2.22. The van der Waals surface area contributed by atoms with Gasteiger partial charge < -0.3 is 10.1 Å². The third-order valence-electron chi connectivity index (χ3n) is 4.64. The lowest BCUT2D eigenvalue weighted by atomic mass is 10.0. The molecule has 1 N–H and O–H groups in total. The van der Waals surface area contributed by atoms with Gasteiger partial charge in [0.2, 0.25) is 0 Å². The van der Waals surface area contributed by atoms with Gasteiger partial charge in [0.05, 0.1) is 24.8 Å². The van der Waals surface area contributed by atoms with E-state index in [1.54, 1.807) is 0 Å². The summed E-state index contributed by atoms with van der Waals surface area (Å²) in [5.41, 5.74) is 4.49. The Bertz CT molecular complexity index is 732. The van der Waals surface area contributed by atoms with Crippen molar-refractivity contribution in [2.75, 3.05) is 32.8 Å². The predicted octanol–water partition coefficient (Wildman–Crippen LogP) is 3.03. The summed E-state index contributed by atoms with van der Waals surface area (Å²) in [6.07, 6.45) is 0. The highest BCUT2D eigenvalue weighted by Gasteiger charge is 2.22. The Morgan fingerprint density at radius 1 is 1.16 bits per heavy atom. The Hall–Kier alpha value is -2.19. The van der Waals surface area contributed by atoms with Gasteiger partial charge in [-0.2, -0.15) is 5.26 Å². The maximum absolute atomic E-state index is 9.03. The van der Waals surface area contributed by atoms with Crippen LogP contribution in [0, 0.1) is 18.3 Å². The summed E-state index contributed by atoms with van der Waals surface area (Å²) in [7, 11) is 0. The first-order valence-electron chi connectivity index (χ1n) is 8.84. The number of nitriles is 1. The van der Waals surface area contributed by atoms with Crippen molar-refractivity contribution < 1.29 is 4.74 Å². The van der Waals surface area contributed by atoms with Crippen molar-refractivity contribution in [1.82, 2.24) is 10.2 Å². The molecule has 0 amide bonds. The van der Waals surface area contributed by atoms with Crippen LogP contribution in [0.3, 0.4) is 0 Å². The van der Waals surface area contributed by atoms with Crippen molar-refractivity contribution in [2.45, 2.75) is 19.5 Å². The average Bonchev–Trinajstić information content (AvgIpc) is 2.66. The van der Waals surface area contributed by atoms with Crippen molar-refractivity contribution >= 4 is 0 Å². The van der Waals surface area contributed by atoms with Gasteiger partial charge in [0.25, 0.3) is 0 Å². The number of aryl methyl sites for hydroxylation is 1. The number of nitrogens with zero attached hydrogens (tertiary/aromatic N) is 2. The second-order valence-electron chi connectivity index (χ2n) is 6.52. The van der Waals surface area contributed by atoms with Gasteiger partial charge in [-0.3, -0.25) is 4.90 Å². The van der Waals surface area contributed by atoms with Crippen LogP contribution in [-0.2, 0) is 11.3 Å². The van der Waals surface area contributed by atoms with Gasteiger partial charge in [-0.15, -0.1) is 0 Å². The molecule has 130 valence electrons. The number of ether oxygens (including phenoxy) is 1. The molecule has 0 spiro atoms. The third-order valence-corrected chi connectivity index (χ3v) is 4.64. The molecule has 25 heavy (non-hydrogen) atoms. The molecule has 0 aromatic heterocycles. The molecule has 1 aliphatic rings. The fourth-order valence-electron chi connectivity index (χ4n) is 3.33. The summed E-state index contributed by atoms with van der Waals surface area (Å²) >= 11 is 0. The zero-order valence-corrected chi connectivity index (χ0v) is 14.7. The molecule has 3 rings (SSSR count). The minimum Gasteiger partial charge on any atom is -0.379 e. The summed E-state index contributed by atoms with van der Waals surface area (Å²) < 4.78 is 5.52. The first kappa shape index (κ1) is 17.6. The molecule has 1 atom stereocenters.